The number of benzene rings is 2. The SMILES string of the molecule is CC(=O)N1CCN(c2cc3c(N[C@H](C)c4cccc(C(F)F)c4F)ccnc3cc2OC2CCNC2)CC1. The zero-order chi connectivity index (χ0) is 26.8. The fourth-order valence-electron chi connectivity index (χ4n) is 5.18. The molecule has 0 aliphatic carbocycles. The van der Waals surface area contributed by atoms with E-state index in [-0.39, 0.29) is 17.6 Å². The van der Waals surface area contributed by atoms with Crippen LogP contribution in [0, 0.1) is 5.82 Å². The van der Waals surface area contributed by atoms with Gasteiger partial charge in [0.15, 0.2) is 0 Å². The highest BCUT2D eigenvalue weighted by molar-refractivity contribution is 5.95. The van der Waals surface area contributed by atoms with Gasteiger partial charge >= 0.3 is 0 Å². The maximum absolute atomic E-state index is 14.8. The summed E-state index contributed by atoms with van der Waals surface area (Å²) in [5.74, 6) is -0.105. The van der Waals surface area contributed by atoms with E-state index in [0.29, 0.717) is 37.4 Å². The number of hydrogen-bond donors (Lipinski definition) is 2. The Balaban J connectivity index is 1.49. The summed E-state index contributed by atoms with van der Waals surface area (Å²) in [7, 11) is 0. The van der Waals surface area contributed by atoms with Crippen LogP contribution in [0.4, 0.5) is 24.5 Å². The van der Waals surface area contributed by atoms with Crippen LogP contribution in [0.25, 0.3) is 10.9 Å². The van der Waals surface area contributed by atoms with E-state index in [0.717, 1.165) is 42.4 Å². The minimum Gasteiger partial charge on any atom is -0.487 e. The van der Waals surface area contributed by atoms with Gasteiger partial charge < -0.3 is 25.2 Å². The summed E-state index contributed by atoms with van der Waals surface area (Å²) >= 11 is 0. The van der Waals surface area contributed by atoms with Crippen molar-refractivity contribution in [3.63, 3.8) is 0 Å². The van der Waals surface area contributed by atoms with E-state index >= 15 is 0 Å². The topological polar surface area (TPSA) is 69.7 Å². The fourth-order valence-corrected chi connectivity index (χ4v) is 5.18. The molecular formula is C28H32F3N5O2. The fraction of sp³-hybridized carbons (Fsp3) is 0.429. The van der Waals surface area contributed by atoms with Crippen LogP contribution in [0.2, 0.25) is 0 Å². The van der Waals surface area contributed by atoms with Crippen molar-refractivity contribution < 1.29 is 22.7 Å². The molecule has 2 N–H and O–H groups in total. The predicted octanol–water partition coefficient (Wildman–Crippen LogP) is 4.89. The quantitative estimate of drug-likeness (QED) is 0.456. The molecule has 10 heteroatoms. The third-order valence-corrected chi connectivity index (χ3v) is 7.33. The lowest BCUT2D eigenvalue weighted by molar-refractivity contribution is -0.129. The molecule has 3 heterocycles. The Morgan fingerprint density at radius 3 is 2.61 bits per heavy atom. The monoisotopic (exact) mass is 527 g/mol. The summed E-state index contributed by atoms with van der Waals surface area (Å²) in [5.41, 5.74) is 1.88. The van der Waals surface area contributed by atoms with Crippen LogP contribution >= 0.6 is 0 Å². The molecule has 0 spiro atoms. The third kappa shape index (κ3) is 5.36. The molecule has 1 amide bonds. The van der Waals surface area contributed by atoms with Crippen LogP contribution in [0.5, 0.6) is 5.75 Å². The van der Waals surface area contributed by atoms with E-state index in [2.05, 4.69) is 20.5 Å². The highest BCUT2D eigenvalue weighted by Crippen LogP contribution is 2.38. The molecule has 2 fully saturated rings. The van der Waals surface area contributed by atoms with Gasteiger partial charge in [-0.25, -0.2) is 13.2 Å². The standard InChI is InChI=1S/C28H32F3N5O2/c1-17(20-4-3-5-21(27(20)29)28(30)31)34-23-7-9-33-24-15-26(38-19-6-8-32-16-19)25(14-22(23)24)36-12-10-35(11-13-36)18(2)37/h3-5,7,9,14-15,17,19,28,32H,6,8,10-13,16H2,1-2H3,(H,33,34)/t17-,19?/m1/s1. The number of nitrogens with zero attached hydrogens (tertiary/aromatic N) is 3. The van der Waals surface area contributed by atoms with Crippen molar-refractivity contribution in [3.8, 4) is 5.75 Å². The van der Waals surface area contributed by atoms with Crippen molar-refractivity contribution in [2.75, 3.05) is 49.5 Å². The number of carbonyl (C=O) groups excluding carboxylic acids is 1. The van der Waals surface area contributed by atoms with Gasteiger partial charge in [0.05, 0.1) is 22.8 Å². The number of nitrogens with one attached hydrogen (secondary N) is 2. The molecule has 2 atom stereocenters. The van der Waals surface area contributed by atoms with Crippen LogP contribution < -0.4 is 20.3 Å². The maximum atomic E-state index is 14.8. The highest BCUT2D eigenvalue weighted by atomic mass is 19.3. The Morgan fingerprint density at radius 2 is 1.92 bits per heavy atom. The number of hydrogen-bond acceptors (Lipinski definition) is 6. The number of rotatable bonds is 7. The van der Waals surface area contributed by atoms with E-state index in [9.17, 15) is 18.0 Å². The second kappa shape index (κ2) is 11.1. The van der Waals surface area contributed by atoms with Crippen LogP contribution in [-0.4, -0.2) is 61.2 Å². The van der Waals surface area contributed by atoms with Crippen LogP contribution in [-0.2, 0) is 4.79 Å². The molecular weight excluding hydrogens is 495 g/mol. The third-order valence-electron chi connectivity index (χ3n) is 7.33. The summed E-state index contributed by atoms with van der Waals surface area (Å²) in [6.45, 7) is 7.55. The minimum atomic E-state index is -2.89. The van der Waals surface area contributed by atoms with Crippen molar-refractivity contribution in [1.82, 2.24) is 15.2 Å². The number of amides is 1. The summed E-state index contributed by atoms with van der Waals surface area (Å²) in [6, 6.07) is 9.25. The van der Waals surface area contributed by atoms with Crippen LogP contribution in [0.15, 0.2) is 42.6 Å². The molecule has 202 valence electrons. The Bertz CT molecular complexity index is 1310. The van der Waals surface area contributed by atoms with Crippen molar-refractivity contribution in [2.24, 2.45) is 0 Å². The van der Waals surface area contributed by atoms with Crippen molar-refractivity contribution in [3.05, 3.63) is 59.5 Å². The second-order valence-corrected chi connectivity index (χ2v) is 9.84. The zero-order valence-corrected chi connectivity index (χ0v) is 21.5. The van der Waals surface area contributed by atoms with Gasteiger partial charge in [-0.2, -0.15) is 0 Å². The molecule has 2 saturated heterocycles. The first kappa shape index (κ1) is 26.1. The lowest BCUT2D eigenvalue weighted by Crippen LogP contribution is -2.48. The first-order valence-electron chi connectivity index (χ1n) is 13.0. The molecule has 1 unspecified atom stereocenters. The van der Waals surface area contributed by atoms with Gasteiger partial charge in [0.2, 0.25) is 5.91 Å². The molecule has 0 saturated carbocycles. The Labute approximate surface area is 220 Å². The van der Waals surface area contributed by atoms with E-state index < -0.39 is 23.8 Å². The minimum absolute atomic E-state index is 0.0520. The van der Waals surface area contributed by atoms with Gasteiger partial charge in [-0.1, -0.05) is 18.2 Å². The first-order chi connectivity index (χ1) is 18.3. The number of piperazine rings is 1. The van der Waals surface area contributed by atoms with Crippen molar-refractivity contribution >= 4 is 28.2 Å². The first-order valence-corrected chi connectivity index (χ1v) is 13.0. The Morgan fingerprint density at radius 1 is 1.16 bits per heavy atom. The van der Waals surface area contributed by atoms with Gasteiger partial charge in [-0.15, -0.1) is 0 Å². The zero-order valence-electron chi connectivity index (χ0n) is 21.5. The lowest BCUT2D eigenvalue weighted by Gasteiger charge is -2.36. The molecule has 2 aliphatic rings. The number of aromatic nitrogens is 1. The average molecular weight is 528 g/mol. The highest BCUT2D eigenvalue weighted by Gasteiger charge is 2.25. The number of fused-ring (bicyclic) bond motifs is 1. The molecule has 3 aromatic rings. The summed E-state index contributed by atoms with van der Waals surface area (Å²) in [4.78, 5) is 20.4. The van der Waals surface area contributed by atoms with E-state index in [4.69, 9.17) is 4.74 Å². The van der Waals surface area contributed by atoms with Gasteiger partial charge in [-0.05, 0) is 32.0 Å². The molecule has 5 rings (SSSR count). The predicted molar refractivity (Wildman–Crippen MR) is 142 cm³/mol. The second-order valence-electron chi connectivity index (χ2n) is 9.84. The maximum Gasteiger partial charge on any atom is 0.266 e. The average Bonchev–Trinajstić information content (AvgIpc) is 3.41. The molecule has 0 bridgehead atoms. The summed E-state index contributed by atoms with van der Waals surface area (Å²) in [5, 5.41) is 7.44. The van der Waals surface area contributed by atoms with Crippen molar-refractivity contribution in [1.29, 1.82) is 0 Å². The Hall–Kier alpha value is -3.53. The number of anilines is 2. The normalized spacial score (nSPS) is 18.7. The lowest BCUT2D eigenvalue weighted by atomic mass is 10.0. The van der Waals surface area contributed by atoms with Gasteiger partial charge in [-0.3, -0.25) is 9.78 Å². The number of alkyl halides is 2. The molecule has 2 aliphatic heterocycles. The smallest absolute Gasteiger partial charge is 0.266 e. The van der Waals surface area contributed by atoms with E-state index in [1.807, 2.05) is 17.0 Å². The number of carbonyl (C=O) groups is 1. The number of ether oxygens (including phenoxy) is 1. The van der Waals surface area contributed by atoms with E-state index in [1.165, 1.54) is 12.1 Å². The summed E-state index contributed by atoms with van der Waals surface area (Å²) in [6.07, 6.45) is -0.263. The van der Waals surface area contributed by atoms with Gasteiger partial charge in [0, 0.05) is 68.5 Å². The van der Waals surface area contributed by atoms with Crippen LogP contribution in [0.1, 0.15) is 43.9 Å². The summed E-state index contributed by atoms with van der Waals surface area (Å²) < 4.78 is 47.8. The van der Waals surface area contributed by atoms with Gasteiger partial charge in [0.1, 0.15) is 17.7 Å². The Kier molecular flexibility index (Phi) is 7.60. The van der Waals surface area contributed by atoms with Crippen molar-refractivity contribution in [2.45, 2.75) is 38.8 Å². The number of pyridine rings is 1. The molecule has 7 nitrogen and oxygen atoms in total. The largest absolute Gasteiger partial charge is 0.487 e. The van der Waals surface area contributed by atoms with Gasteiger partial charge in [0.25, 0.3) is 6.43 Å². The molecule has 1 aromatic heterocycles. The molecule has 0 radical (unpaired) electrons. The van der Waals surface area contributed by atoms with E-state index in [1.54, 1.807) is 26.1 Å². The molecule has 38 heavy (non-hydrogen) atoms. The molecule has 2 aromatic carbocycles. The van der Waals surface area contributed by atoms with Crippen LogP contribution in [0.3, 0.4) is 0 Å². The number of halogens is 3.